The summed E-state index contributed by atoms with van der Waals surface area (Å²) in [5, 5.41) is 8.86. The maximum absolute atomic E-state index is 7.03. The second-order valence-corrected chi connectivity index (χ2v) is 21.5. The smallest absolute Gasteiger partial charge is 0.142 e. The monoisotopic (exact) mass is 1040 g/mol. The first-order valence-corrected chi connectivity index (χ1v) is 27.9. The van der Waals surface area contributed by atoms with Gasteiger partial charge in [0.05, 0.1) is 0 Å². The standard InChI is InChI=1S/C77H54N2O2/c1-50(2)75-76-71(69-45-59-31-41-67(43-61(59)47-73(69)80-76)78(63-33-23-55(24-34-63)51-15-7-3-8-16-51)64-35-25-56(26-36-64)52-17-9-4-10-18-52)49-72-70-46-60-32-42-68(44-62(60)48-74(70)81-77(72)75)79(65-37-27-57(28-38-65)53-19-11-5-12-20-53)66-39-29-58(30-40-66)54-21-13-6-14-22-54/h3-50H,1-2H3. The van der Waals surface area contributed by atoms with Crippen molar-refractivity contribution < 1.29 is 8.83 Å². The lowest BCUT2D eigenvalue weighted by atomic mass is 9.95. The van der Waals surface area contributed by atoms with Crippen LogP contribution < -0.4 is 9.80 Å². The van der Waals surface area contributed by atoms with E-state index in [0.29, 0.717) is 0 Å². The van der Waals surface area contributed by atoms with Crippen LogP contribution in [-0.4, -0.2) is 0 Å². The van der Waals surface area contributed by atoms with Gasteiger partial charge in [-0.2, -0.15) is 0 Å². The van der Waals surface area contributed by atoms with Gasteiger partial charge in [-0.3, -0.25) is 0 Å². The first-order chi connectivity index (χ1) is 39.9. The van der Waals surface area contributed by atoms with Gasteiger partial charge in [0.2, 0.25) is 0 Å². The van der Waals surface area contributed by atoms with Crippen molar-refractivity contribution in [2.24, 2.45) is 0 Å². The van der Waals surface area contributed by atoms with Crippen molar-refractivity contribution in [3.8, 4) is 44.5 Å². The Bertz CT molecular complexity index is 4310. The Kier molecular flexibility index (Phi) is 11.7. The largest absolute Gasteiger partial charge is 0.456 e. The molecule has 13 aromatic carbocycles. The summed E-state index contributed by atoms with van der Waals surface area (Å²) in [6.07, 6.45) is 0. The summed E-state index contributed by atoms with van der Waals surface area (Å²) in [5.74, 6) is 0.129. The van der Waals surface area contributed by atoms with Gasteiger partial charge in [0.1, 0.15) is 22.3 Å². The van der Waals surface area contributed by atoms with Gasteiger partial charge in [-0.15, -0.1) is 0 Å². The molecule has 2 heterocycles. The van der Waals surface area contributed by atoms with Crippen molar-refractivity contribution in [2.75, 3.05) is 9.80 Å². The fourth-order valence-electron chi connectivity index (χ4n) is 12.1. The molecule has 4 nitrogen and oxygen atoms in total. The van der Waals surface area contributed by atoms with Gasteiger partial charge >= 0.3 is 0 Å². The van der Waals surface area contributed by atoms with Gasteiger partial charge in [-0.05, 0) is 175 Å². The minimum atomic E-state index is 0.129. The van der Waals surface area contributed by atoms with E-state index in [-0.39, 0.29) is 5.92 Å². The molecule has 0 atom stereocenters. The van der Waals surface area contributed by atoms with Crippen LogP contribution in [0.3, 0.4) is 0 Å². The summed E-state index contributed by atoms with van der Waals surface area (Å²) >= 11 is 0. The number of fused-ring (bicyclic) bond motifs is 8. The van der Waals surface area contributed by atoms with Crippen LogP contribution in [0.5, 0.6) is 0 Å². The maximum Gasteiger partial charge on any atom is 0.142 e. The molecule has 2 aromatic heterocycles. The molecule has 15 rings (SSSR count). The zero-order valence-corrected chi connectivity index (χ0v) is 44.9. The van der Waals surface area contributed by atoms with Gasteiger partial charge in [-0.25, -0.2) is 0 Å². The van der Waals surface area contributed by atoms with Crippen molar-refractivity contribution in [3.63, 3.8) is 0 Å². The summed E-state index contributed by atoms with van der Waals surface area (Å²) in [6, 6.07) is 103. The topological polar surface area (TPSA) is 32.8 Å². The Morgan fingerprint density at radius 3 is 0.827 bits per heavy atom. The van der Waals surface area contributed by atoms with E-state index in [9.17, 15) is 0 Å². The molecule has 0 N–H and O–H groups in total. The number of benzene rings is 13. The van der Waals surface area contributed by atoms with E-state index in [1.807, 2.05) is 0 Å². The molecule has 4 heteroatoms. The number of hydrogen-bond donors (Lipinski definition) is 0. The van der Waals surface area contributed by atoms with Crippen molar-refractivity contribution in [2.45, 2.75) is 19.8 Å². The Morgan fingerprint density at radius 2 is 0.531 bits per heavy atom. The van der Waals surface area contributed by atoms with E-state index in [1.54, 1.807) is 0 Å². The Hall–Kier alpha value is -10.4. The average Bonchev–Trinajstić information content (AvgIpc) is 4.28. The fraction of sp³-hybridized carbons (Fsp3) is 0.0390. The molecule has 0 unspecified atom stereocenters. The number of rotatable bonds is 11. The lowest BCUT2D eigenvalue weighted by Crippen LogP contribution is -2.09. The average molecular weight is 1040 g/mol. The minimum Gasteiger partial charge on any atom is -0.456 e. The highest BCUT2D eigenvalue weighted by Gasteiger charge is 2.24. The van der Waals surface area contributed by atoms with E-state index >= 15 is 0 Å². The maximum atomic E-state index is 7.03. The highest BCUT2D eigenvalue weighted by molar-refractivity contribution is 6.20. The molecule has 0 aliphatic carbocycles. The first-order valence-electron chi connectivity index (χ1n) is 27.9. The minimum absolute atomic E-state index is 0.129. The second-order valence-electron chi connectivity index (χ2n) is 21.5. The molecule has 0 radical (unpaired) electrons. The zero-order chi connectivity index (χ0) is 54.0. The SMILES string of the molecule is CC(C)c1c2oc3cc4cc(N(c5ccc(-c6ccccc6)cc5)c5ccc(-c6ccccc6)cc5)ccc4cc3c2cc2c1oc1cc3cc(N(c4ccc(-c5ccccc5)cc4)c4ccc(-c5ccccc5)cc4)ccc3cc12. The molecule has 81 heavy (non-hydrogen) atoms. The molecule has 0 aliphatic heterocycles. The van der Waals surface area contributed by atoms with Crippen molar-refractivity contribution >= 4 is 99.5 Å². The van der Waals surface area contributed by atoms with Crippen LogP contribution in [-0.2, 0) is 0 Å². The van der Waals surface area contributed by atoms with Gasteiger partial charge in [0.15, 0.2) is 0 Å². The Morgan fingerprint density at radius 1 is 0.247 bits per heavy atom. The van der Waals surface area contributed by atoms with Gasteiger partial charge in [0.25, 0.3) is 0 Å². The molecule has 0 spiro atoms. The summed E-state index contributed by atoms with van der Waals surface area (Å²) < 4.78 is 14.1. The highest BCUT2D eigenvalue weighted by Crippen LogP contribution is 2.46. The van der Waals surface area contributed by atoms with Gasteiger partial charge in [-0.1, -0.05) is 196 Å². The van der Waals surface area contributed by atoms with Crippen LogP contribution >= 0.6 is 0 Å². The quantitative estimate of drug-likeness (QED) is 0.129. The fourth-order valence-corrected chi connectivity index (χ4v) is 12.1. The van der Waals surface area contributed by atoms with E-state index in [1.165, 1.54) is 44.5 Å². The lowest BCUT2D eigenvalue weighted by Gasteiger charge is -2.26. The molecule has 0 saturated heterocycles. The molecule has 0 amide bonds. The molecule has 15 aromatic rings. The number of anilines is 6. The number of furan rings is 2. The third-order valence-electron chi connectivity index (χ3n) is 16.1. The summed E-state index contributed by atoms with van der Waals surface area (Å²) in [7, 11) is 0. The molecule has 0 fully saturated rings. The van der Waals surface area contributed by atoms with E-state index in [2.05, 4.69) is 309 Å². The summed E-state index contributed by atoms with van der Waals surface area (Å²) in [6.45, 7) is 4.47. The van der Waals surface area contributed by atoms with Crippen LogP contribution in [0, 0.1) is 0 Å². The van der Waals surface area contributed by atoms with Crippen molar-refractivity contribution in [1.29, 1.82) is 0 Å². The van der Waals surface area contributed by atoms with E-state index in [4.69, 9.17) is 8.83 Å². The predicted molar refractivity (Wildman–Crippen MR) is 341 cm³/mol. The summed E-state index contributed by atoms with van der Waals surface area (Å²) in [5.41, 5.74) is 20.5. The van der Waals surface area contributed by atoms with Crippen LogP contribution in [0.15, 0.2) is 294 Å². The van der Waals surface area contributed by atoms with Crippen LogP contribution in [0.1, 0.15) is 25.3 Å². The summed E-state index contributed by atoms with van der Waals surface area (Å²) in [4.78, 5) is 4.69. The Balaban J connectivity index is 0.815. The zero-order valence-electron chi connectivity index (χ0n) is 44.9. The third-order valence-corrected chi connectivity index (χ3v) is 16.1. The second kappa shape index (κ2) is 19.8. The molecule has 0 aliphatic rings. The number of hydrogen-bond acceptors (Lipinski definition) is 4. The molecule has 384 valence electrons. The highest BCUT2D eigenvalue weighted by atomic mass is 16.3. The van der Waals surface area contributed by atoms with Crippen LogP contribution in [0.2, 0.25) is 0 Å². The molecular weight excluding hydrogens is 985 g/mol. The predicted octanol–water partition coefficient (Wildman–Crippen LogP) is 22.5. The van der Waals surface area contributed by atoms with Crippen LogP contribution in [0.4, 0.5) is 34.1 Å². The Labute approximate surface area is 470 Å². The molecule has 0 saturated carbocycles. The van der Waals surface area contributed by atoms with Gasteiger partial charge in [0, 0.05) is 61.2 Å². The van der Waals surface area contributed by atoms with Gasteiger partial charge < -0.3 is 18.6 Å². The lowest BCUT2D eigenvalue weighted by molar-refractivity contribution is 0.638. The first kappa shape index (κ1) is 47.8. The van der Waals surface area contributed by atoms with E-state index in [0.717, 1.165) is 105 Å². The normalized spacial score (nSPS) is 11.7. The third kappa shape index (κ3) is 8.66. The van der Waals surface area contributed by atoms with E-state index < -0.39 is 0 Å². The molecule has 0 bridgehead atoms. The van der Waals surface area contributed by atoms with Crippen LogP contribution in [0.25, 0.3) is 110 Å². The number of nitrogens with zero attached hydrogens (tertiary/aromatic N) is 2. The van der Waals surface area contributed by atoms with Crippen molar-refractivity contribution in [3.05, 3.63) is 291 Å². The molecular formula is C77H54N2O2. The van der Waals surface area contributed by atoms with Crippen molar-refractivity contribution in [1.82, 2.24) is 0 Å².